The van der Waals surface area contributed by atoms with Gasteiger partial charge in [-0.25, -0.2) is 4.79 Å². The summed E-state index contributed by atoms with van der Waals surface area (Å²) in [6, 6.07) is 15.0. The lowest BCUT2D eigenvalue weighted by Gasteiger charge is -2.21. The lowest BCUT2D eigenvalue weighted by molar-refractivity contribution is -0.149. The Hall–Kier alpha value is -2.95. The van der Waals surface area contributed by atoms with Gasteiger partial charge in [-0.1, -0.05) is 55.8 Å². The Labute approximate surface area is 184 Å². The van der Waals surface area contributed by atoms with Crippen LogP contribution in [0.3, 0.4) is 0 Å². The van der Waals surface area contributed by atoms with Crippen LogP contribution in [0.4, 0.5) is 0 Å². The third-order valence-electron chi connectivity index (χ3n) is 4.88. The molecule has 0 heterocycles. The summed E-state index contributed by atoms with van der Waals surface area (Å²) < 4.78 is 10.5. The van der Waals surface area contributed by atoms with Gasteiger partial charge in [0.25, 0.3) is 0 Å². The van der Waals surface area contributed by atoms with Crippen molar-refractivity contribution in [1.29, 1.82) is 0 Å². The van der Waals surface area contributed by atoms with Crippen molar-refractivity contribution in [1.82, 2.24) is 0 Å². The van der Waals surface area contributed by atoms with Crippen molar-refractivity contribution >= 4 is 17.7 Å². The molecule has 2 rings (SSSR count). The van der Waals surface area contributed by atoms with E-state index >= 15 is 0 Å². The van der Waals surface area contributed by atoms with Crippen molar-refractivity contribution in [2.24, 2.45) is 5.92 Å². The highest BCUT2D eigenvalue weighted by Crippen LogP contribution is 2.28. The molecule has 1 unspecified atom stereocenters. The van der Waals surface area contributed by atoms with Gasteiger partial charge in [0.2, 0.25) is 0 Å². The van der Waals surface area contributed by atoms with Crippen molar-refractivity contribution in [3.8, 4) is 11.1 Å². The summed E-state index contributed by atoms with van der Waals surface area (Å²) in [7, 11) is 1.28. The van der Waals surface area contributed by atoms with E-state index in [4.69, 9.17) is 9.47 Å². The topological polar surface area (TPSA) is 69.7 Å². The first kappa shape index (κ1) is 24.3. The van der Waals surface area contributed by atoms with Crippen LogP contribution in [0, 0.1) is 5.92 Å². The van der Waals surface area contributed by atoms with Gasteiger partial charge in [0, 0.05) is 6.42 Å². The number of carbonyl (C=O) groups is 3. The van der Waals surface area contributed by atoms with Crippen LogP contribution in [-0.4, -0.2) is 30.4 Å². The van der Waals surface area contributed by atoms with Gasteiger partial charge in [-0.05, 0) is 56.4 Å². The average molecular weight is 425 g/mol. The predicted molar refractivity (Wildman–Crippen MR) is 121 cm³/mol. The Morgan fingerprint density at radius 1 is 1.00 bits per heavy atom. The van der Waals surface area contributed by atoms with Gasteiger partial charge in [-0.2, -0.15) is 0 Å². The minimum Gasteiger partial charge on any atom is -0.468 e. The smallest absolute Gasteiger partial charge is 0.339 e. The number of esters is 2. The van der Waals surface area contributed by atoms with E-state index in [1.807, 2.05) is 70.2 Å². The number of hydrogen-bond donors (Lipinski definition) is 0. The summed E-state index contributed by atoms with van der Waals surface area (Å²) in [5.74, 6) is -2.02. The number of carbonyl (C=O) groups excluding carboxylic acids is 3. The second-order valence-electron chi connectivity index (χ2n) is 8.60. The number of ketones is 1. The Kier molecular flexibility index (Phi) is 8.55. The van der Waals surface area contributed by atoms with Crippen LogP contribution >= 0.6 is 0 Å². The fourth-order valence-electron chi connectivity index (χ4n) is 3.32. The van der Waals surface area contributed by atoms with E-state index in [0.29, 0.717) is 17.5 Å². The van der Waals surface area contributed by atoms with Crippen LogP contribution in [0.1, 0.15) is 62.9 Å². The number of rotatable bonds is 9. The molecule has 31 heavy (non-hydrogen) atoms. The Bertz CT molecular complexity index is 909. The monoisotopic (exact) mass is 424 g/mol. The van der Waals surface area contributed by atoms with Crippen LogP contribution in [0.15, 0.2) is 48.5 Å². The lowest BCUT2D eigenvalue weighted by Crippen LogP contribution is -2.28. The highest BCUT2D eigenvalue weighted by molar-refractivity contribution is 6.00. The van der Waals surface area contributed by atoms with Crippen LogP contribution in [0.2, 0.25) is 0 Å². The first-order chi connectivity index (χ1) is 14.7. The number of hydrogen-bond acceptors (Lipinski definition) is 5. The lowest BCUT2D eigenvalue weighted by atomic mass is 9.90. The molecule has 0 amide bonds. The zero-order valence-electron chi connectivity index (χ0n) is 19.1. The minimum atomic E-state index is -0.884. The van der Waals surface area contributed by atoms with Crippen LogP contribution < -0.4 is 0 Å². The molecule has 0 aliphatic carbocycles. The van der Waals surface area contributed by atoms with Crippen LogP contribution in [0.5, 0.6) is 0 Å². The molecule has 0 spiro atoms. The summed E-state index contributed by atoms with van der Waals surface area (Å²) >= 11 is 0. The highest BCUT2D eigenvalue weighted by Gasteiger charge is 2.28. The molecule has 0 N–H and O–H groups in total. The molecule has 0 aromatic heterocycles. The highest BCUT2D eigenvalue weighted by atomic mass is 16.6. The molecular weight excluding hydrogens is 392 g/mol. The molecular formula is C26H32O5. The first-order valence-electron chi connectivity index (χ1n) is 10.7. The quantitative estimate of drug-likeness (QED) is 0.398. The standard InChI is InChI=1S/C26H32O5/c1-6-7-13-23(27)22(24(28)30-5)17-18-14-15-20(19-11-9-8-10-12-19)21(16-18)25(29)31-26(2,3)4/h8-12,14-16,22H,6-7,13,17H2,1-5H3. The van der Waals surface area contributed by atoms with Gasteiger partial charge in [0.05, 0.1) is 12.7 Å². The first-order valence-corrected chi connectivity index (χ1v) is 10.7. The van der Waals surface area contributed by atoms with E-state index in [0.717, 1.165) is 24.0 Å². The van der Waals surface area contributed by atoms with E-state index in [1.54, 1.807) is 6.07 Å². The number of ether oxygens (including phenoxy) is 2. The molecule has 0 saturated heterocycles. The number of Topliss-reactive ketones (excluding diaryl/α,β-unsaturated/α-hetero) is 1. The SMILES string of the molecule is CCCCC(=O)C(Cc1ccc(-c2ccccc2)c(C(=O)OC(C)(C)C)c1)C(=O)OC. The second kappa shape index (κ2) is 10.9. The van der Waals surface area contributed by atoms with Crippen molar-refractivity contribution in [2.45, 2.75) is 59.0 Å². The molecule has 2 aromatic carbocycles. The van der Waals surface area contributed by atoms with E-state index in [2.05, 4.69) is 0 Å². The summed E-state index contributed by atoms with van der Waals surface area (Å²) in [5, 5.41) is 0. The van der Waals surface area contributed by atoms with Gasteiger partial charge in [-0.3, -0.25) is 9.59 Å². The number of benzene rings is 2. The zero-order chi connectivity index (χ0) is 23.0. The van der Waals surface area contributed by atoms with Gasteiger partial charge in [0.1, 0.15) is 17.3 Å². The molecule has 0 saturated carbocycles. The molecule has 5 heteroatoms. The third-order valence-corrected chi connectivity index (χ3v) is 4.88. The maximum atomic E-state index is 13.0. The molecule has 5 nitrogen and oxygen atoms in total. The molecule has 0 bridgehead atoms. The summed E-state index contributed by atoms with van der Waals surface area (Å²) in [5.41, 5.74) is 2.10. The molecule has 2 aromatic rings. The molecule has 0 aliphatic heterocycles. The normalized spacial score (nSPS) is 12.2. The number of unbranched alkanes of at least 4 members (excludes halogenated alkanes) is 1. The second-order valence-corrected chi connectivity index (χ2v) is 8.60. The Morgan fingerprint density at radius 3 is 2.26 bits per heavy atom. The summed E-state index contributed by atoms with van der Waals surface area (Å²) in [4.78, 5) is 37.9. The fraction of sp³-hybridized carbons (Fsp3) is 0.423. The predicted octanol–water partition coefficient (Wildman–Crippen LogP) is 5.40. The van der Waals surface area contributed by atoms with Crippen molar-refractivity contribution in [3.63, 3.8) is 0 Å². The zero-order valence-corrected chi connectivity index (χ0v) is 19.1. The number of methoxy groups -OCH3 is 1. The fourth-order valence-corrected chi connectivity index (χ4v) is 3.32. The summed E-state index contributed by atoms with van der Waals surface area (Å²) in [6.45, 7) is 7.44. The maximum absolute atomic E-state index is 13.0. The van der Waals surface area contributed by atoms with Crippen LogP contribution in [-0.2, 0) is 25.5 Å². The molecule has 0 aliphatic rings. The summed E-state index contributed by atoms with van der Waals surface area (Å²) in [6.07, 6.45) is 2.11. The van der Waals surface area contributed by atoms with Gasteiger partial charge in [0.15, 0.2) is 0 Å². The molecule has 0 fully saturated rings. The third kappa shape index (κ3) is 7.06. The van der Waals surface area contributed by atoms with Crippen molar-refractivity contribution in [3.05, 3.63) is 59.7 Å². The van der Waals surface area contributed by atoms with Crippen LogP contribution in [0.25, 0.3) is 11.1 Å². The van der Waals surface area contributed by atoms with E-state index in [1.165, 1.54) is 7.11 Å². The van der Waals surface area contributed by atoms with Gasteiger partial charge in [-0.15, -0.1) is 0 Å². The van der Waals surface area contributed by atoms with E-state index < -0.39 is 23.5 Å². The Morgan fingerprint density at radius 2 is 1.68 bits per heavy atom. The van der Waals surface area contributed by atoms with Crippen molar-refractivity contribution in [2.75, 3.05) is 7.11 Å². The maximum Gasteiger partial charge on any atom is 0.339 e. The van der Waals surface area contributed by atoms with E-state index in [9.17, 15) is 14.4 Å². The largest absolute Gasteiger partial charge is 0.468 e. The van der Waals surface area contributed by atoms with Gasteiger partial charge < -0.3 is 9.47 Å². The minimum absolute atomic E-state index is 0.139. The molecule has 1 atom stereocenters. The van der Waals surface area contributed by atoms with E-state index in [-0.39, 0.29) is 12.2 Å². The van der Waals surface area contributed by atoms with Gasteiger partial charge >= 0.3 is 11.9 Å². The van der Waals surface area contributed by atoms with Crippen molar-refractivity contribution < 1.29 is 23.9 Å². The molecule has 166 valence electrons. The average Bonchev–Trinajstić information content (AvgIpc) is 2.74. The Balaban J connectivity index is 2.44. The molecule has 0 radical (unpaired) electrons.